The molecule has 0 radical (unpaired) electrons. The molecule has 0 aliphatic carbocycles. The van der Waals surface area contributed by atoms with Crippen LogP contribution in [0.25, 0.3) is 0 Å². The highest BCUT2D eigenvalue weighted by molar-refractivity contribution is 4.63. The standard InChI is InChI=1S/C7H14N4O2/c1-13-5-3-8-2-4-11-6-9-10-7(11)12/h6,8H,2-5H2,1H3,(H,10,12). The second kappa shape index (κ2) is 5.50. The van der Waals surface area contributed by atoms with Gasteiger partial charge in [-0.1, -0.05) is 0 Å². The predicted octanol–water partition coefficient (Wildman–Crippen LogP) is -1.19. The van der Waals surface area contributed by atoms with Gasteiger partial charge in [0.05, 0.1) is 6.61 Å². The molecule has 0 atom stereocenters. The number of nitrogens with one attached hydrogen (secondary N) is 2. The fourth-order valence-electron chi connectivity index (χ4n) is 0.928. The molecule has 0 saturated carbocycles. The monoisotopic (exact) mass is 186 g/mol. The Balaban J connectivity index is 2.13. The molecule has 0 aliphatic rings. The topological polar surface area (TPSA) is 71.9 Å². The molecule has 0 aromatic carbocycles. The van der Waals surface area contributed by atoms with E-state index in [2.05, 4.69) is 15.5 Å². The average molecular weight is 186 g/mol. The van der Waals surface area contributed by atoms with Crippen molar-refractivity contribution in [2.75, 3.05) is 26.8 Å². The Morgan fingerprint density at radius 3 is 3.15 bits per heavy atom. The lowest BCUT2D eigenvalue weighted by atomic mass is 10.5. The van der Waals surface area contributed by atoms with Crippen LogP contribution in [0.2, 0.25) is 0 Å². The zero-order chi connectivity index (χ0) is 9.52. The minimum Gasteiger partial charge on any atom is -0.383 e. The van der Waals surface area contributed by atoms with Gasteiger partial charge in [0.25, 0.3) is 0 Å². The summed E-state index contributed by atoms with van der Waals surface area (Å²) < 4.78 is 6.37. The van der Waals surface area contributed by atoms with Gasteiger partial charge in [0, 0.05) is 26.7 Å². The van der Waals surface area contributed by atoms with Gasteiger partial charge in [-0.2, -0.15) is 5.10 Å². The van der Waals surface area contributed by atoms with E-state index < -0.39 is 0 Å². The SMILES string of the molecule is COCCNCCn1cn[nH]c1=O. The van der Waals surface area contributed by atoms with Gasteiger partial charge >= 0.3 is 5.69 Å². The summed E-state index contributed by atoms with van der Waals surface area (Å²) in [5.74, 6) is 0. The van der Waals surface area contributed by atoms with Crippen molar-refractivity contribution in [3.63, 3.8) is 0 Å². The van der Waals surface area contributed by atoms with Crippen LogP contribution in [0.5, 0.6) is 0 Å². The largest absolute Gasteiger partial charge is 0.383 e. The van der Waals surface area contributed by atoms with Gasteiger partial charge in [0.2, 0.25) is 0 Å². The van der Waals surface area contributed by atoms with Gasteiger partial charge in [-0.3, -0.25) is 4.57 Å². The summed E-state index contributed by atoms with van der Waals surface area (Å²) in [5, 5.41) is 9.06. The summed E-state index contributed by atoms with van der Waals surface area (Å²) in [6, 6.07) is 0. The minimum atomic E-state index is -0.173. The number of rotatable bonds is 6. The first-order chi connectivity index (χ1) is 6.34. The molecule has 0 amide bonds. The van der Waals surface area contributed by atoms with Crippen LogP contribution in [-0.2, 0) is 11.3 Å². The van der Waals surface area contributed by atoms with Gasteiger partial charge in [-0.15, -0.1) is 0 Å². The van der Waals surface area contributed by atoms with E-state index in [9.17, 15) is 4.79 Å². The van der Waals surface area contributed by atoms with Crippen LogP contribution in [0.1, 0.15) is 0 Å². The third-order valence-corrected chi connectivity index (χ3v) is 1.63. The highest BCUT2D eigenvalue weighted by Gasteiger charge is 1.94. The number of aromatic amines is 1. The van der Waals surface area contributed by atoms with Gasteiger partial charge in [-0.05, 0) is 0 Å². The first kappa shape index (κ1) is 9.94. The average Bonchev–Trinajstić information content (AvgIpc) is 2.52. The number of H-pyrrole nitrogens is 1. The zero-order valence-electron chi connectivity index (χ0n) is 7.62. The fraction of sp³-hybridized carbons (Fsp3) is 0.714. The van der Waals surface area contributed by atoms with E-state index in [0.29, 0.717) is 13.2 Å². The molecule has 1 aromatic heterocycles. The fourth-order valence-corrected chi connectivity index (χ4v) is 0.928. The summed E-state index contributed by atoms with van der Waals surface area (Å²) in [7, 11) is 1.66. The van der Waals surface area contributed by atoms with Crippen molar-refractivity contribution < 1.29 is 4.74 Å². The lowest BCUT2D eigenvalue weighted by Gasteiger charge is -2.02. The van der Waals surface area contributed by atoms with E-state index in [4.69, 9.17) is 4.74 Å². The van der Waals surface area contributed by atoms with Crippen LogP contribution >= 0.6 is 0 Å². The molecule has 2 N–H and O–H groups in total. The molecule has 1 heterocycles. The van der Waals surface area contributed by atoms with Gasteiger partial charge in [-0.25, -0.2) is 9.89 Å². The van der Waals surface area contributed by atoms with Crippen molar-refractivity contribution in [3.05, 3.63) is 16.8 Å². The Hall–Kier alpha value is -1.14. The van der Waals surface area contributed by atoms with Crippen molar-refractivity contribution in [2.24, 2.45) is 0 Å². The first-order valence-electron chi connectivity index (χ1n) is 4.14. The Labute approximate surface area is 75.9 Å². The quantitative estimate of drug-likeness (QED) is 0.548. The van der Waals surface area contributed by atoms with E-state index in [1.807, 2.05) is 0 Å². The van der Waals surface area contributed by atoms with Crippen molar-refractivity contribution in [3.8, 4) is 0 Å². The number of hydrogen-bond donors (Lipinski definition) is 2. The molecule has 0 fully saturated rings. The Morgan fingerprint density at radius 2 is 2.54 bits per heavy atom. The number of aromatic nitrogens is 3. The Bertz CT molecular complexity index is 280. The van der Waals surface area contributed by atoms with Crippen LogP contribution in [0, 0.1) is 0 Å². The van der Waals surface area contributed by atoms with Crippen LogP contribution in [0.15, 0.2) is 11.1 Å². The molecular formula is C7H14N4O2. The molecule has 6 heteroatoms. The van der Waals surface area contributed by atoms with Crippen LogP contribution in [-0.4, -0.2) is 41.6 Å². The smallest absolute Gasteiger partial charge is 0.343 e. The summed E-state index contributed by atoms with van der Waals surface area (Å²) >= 11 is 0. The van der Waals surface area contributed by atoms with Gasteiger partial charge in [0.15, 0.2) is 0 Å². The predicted molar refractivity (Wildman–Crippen MR) is 47.6 cm³/mol. The molecule has 1 aromatic rings. The third-order valence-electron chi connectivity index (χ3n) is 1.63. The summed E-state index contributed by atoms with van der Waals surface area (Å²) in [4.78, 5) is 10.9. The second-order valence-corrected chi connectivity index (χ2v) is 2.60. The lowest BCUT2D eigenvalue weighted by Crippen LogP contribution is -2.27. The van der Waals surface area contributed by atoms with Crippen molar-refractivity contribution in [1.82, 2.24) is 20.1 Å². The molecule has 1 rings (SSSR count). The number of nitrogens with zero attached hydrogens (tertiary/aromatic N) is 2. The summed E-state index contributed by atoms with van der Waals surface area (Å²) in [6.07, 6.45) is 1.49. The maximum Gasteiger partial charge on any atom is 0.343 e. The van der Waals surface area contributed by atoms with Crippen LogP contribution < -0.4 is 11.0 Å². The molecule has 0 saturated heterocycles. The number of methoxy groups -OCH3 is 1. The highest BCUT2D eigenvalue weighted by atomic mass is 16.5. The van der Waals surface area contributed by atoms with Crippen LogP contribution in [0.4, 0.5) is 0 Å². The maximum absolute atomic E-state index is 10.9. The zero-order valence-corrected chi connectivity index (χ0v) is 7.62. The molecule has 0 aliphatic heterocycles. The molecule has 0 bridgehead atoms. The van der Waals surface area contributed by atoms with Crippen molar-refractivity contribution in [2.45, 2.75) is 6.54 Å². The van der Waals surface area contributed by atoms with E-state index in [1.165, 1.54) is 10.9 Å². The Kier molecular flexibility index (Phi) is 4.20. The van der Waals surface area contributed by atoms with E-state index in [-0.39, 0.29) is 5.69 Å². The Morgan fingerprint density at radius 1 is 1.69 bits per heavy atom. The normalized spacial score (nSPS) is 10.5. The summed E-state index contributed by atoms with van der Waals surface area (Å²) in [6.45, 7) is 2.84. The van der Waals surface area contributed by atoms with Crippen molar-refractivity contribution in [1.29, 1.82) is 0 Å². The number of hydrogen-bond acceptors (Lipinski definition) is 4. The highest BCUT2D eigenvalue weighted by Crippen LogP contribution is 1.73. The van der Waals surface area contributed by atoms with E-state index in [0.717, 1.165) is 13.1 Å². The maximum atomic E-state index is 10.9. The minimum absolute atomic E-state index is 0.173. The number of ether oxygens (including phenoxy) is 1. The molecule has 13 heavy (non-hydrogen) atoms. The first-order valence-corrected chi connectivity index (χ1v) is 4.14. The van der Waals surface area contributed by atoms with Crippen molar-refractivity contribution >= 4 is 0 Å². The van der Waals surface area contributed by atoms with E-state index in [1.54, 1.807) is 7.11 Å². The van der Waals surface area contributed by atoms with Gasteiger partial charge < -0.3 is 10.1 Å². The lowest BCUT2D eigenvalue weighted by molar-refractivity contribution is 0.199. The molecule has 6 nitrogen and oxygen atoms in total. The molecule has 74 valence electrons. The third kappa shape index (κ3) is 3.39. The van der Waals surface area contributed by atoms with Crippen LogP contribution in [0.3, 0.4) is 0 Å². The van der Waals surface area contributed by atoms with E-state index >= 15 is 0 Å². The molecule has 0 unspecified atom stereocenters. The molecular weight excluding hydrogens is 172 g/mol. The molecule has 0 spiro atoms. The second-order valence-electron chi connectivity index (χ2n) is 2.60. The van der Waals surface area contributed by atoms with Gasteiger partial charge in [0.1, 0.15) is 6.33 Å². The summed E-state index contributed by atoms with van der Waals surface area (Å²) in [5.41, 5.74) is -0.173.